The molecule has 1 aliphatic heterocycles. The zero-order valence-electron chi connectivity index (χ0n) is 9.67. The summed E-state index contributed by atoms with van der Waals surface area (Å²) in [6, 6.07) is 8.76. The molecule has 1 saturated heterocycles. The Kier molecular flexibility index (Phi) is 6.55. The molecule has 1 fully saturated rings. The molecule has 17 heavy (non-hydrogen) atoms. The van der Waals surface area contributed by atoms with Gasteiger partial charge in [0.2, 0.25) is 0 Å². The molecule has 1 heterocycles. The van der Waals surface area contributed by atoms with Crippen LogP contribution in [0.1, 0.15) is 5.56 Å². The Hall–Kier alpha value is -0.582. The van der Waals surface area contributed by atoms with E-state index in [0.29, 0.717) is 5.56 Å². The van der Waals surface area contributed by atoms with Crippen LogP contribution < -0.4 is 10.6 Å². The van der Waals surface area contributed by atoms with Crippen LogP contribution in [0, 0.1) is 0 Å². The molecule has 0 amide bonds. The molecule has 0 atom stereocenters. The Morgan fingerprint density at radius 2 is 1.47 bits per heavy atom. The van der Waals surface area contributed by atoms with Crippen LogP contribution >= 0.6 is 0 Å². The number of hydrogen-bond acceptors (Lipinski definition) is 3. The van der Waals surface area contributed by atoms with Gasteiger partial charge in [-0.05, 0) is 0 Å². The van der Waals surface area contributed by atoms with Crippen molar-refractivity contribution in [3.05, 3.63) is 35.9 Å². The Morgan fingerprint density at radius 3 is 1.82 bits per heavy atom. The van der Waals surface area contributed by atoms with Crippen molar-refractivity contribution in [2.24, 2.45) is 0 Å². The number of nitrogens with one attached hydrogen (secondary N) is 2. The standard InChI is InChI=1S/C7H9AsO3.C4H10N2/c9-8(10,11)6-7-4-2-1-3-5-7;1-2-6-4-3-5-1/h1-5H,6H2,(H2,9,10,11);5-6H,1-4H2. The average Bonchev–Trinajstić information content (AvgIpc) is 2.31. The van der Waals surface area contributed by atoms with Crippen molar-refractivity contribution < 1.29 is 11.9 Å². The Labute approximate surface area is 104 Å². The van der Waals surface area contributed by atoms with Crippen molar-refractivity contribution in [1.82, 2.24) is 10.6 Å². The van der Waals surface area contributed by atoms with E-state index < -0.39 is 14.2 Å². The van der Waals surface area contributed by atoms with Crippen LogP contribution in [0.5, 0.6) is 0 Å². The predicted octanol–water partition coefficient (Wildman–Crippen LogP) is -0.698. The van der Waals surface area contributed by atoms with Crippen molar-refractivity contribution in [2.75, 3.05) is 26.2 Å². The first-order valence-electron chi connectivity index (χ1n) is 5.58. The third-order valence-electron chi connectivity index (χ3n) is 2.19. The van der Waals surface area contributed by atoms with Gasteiger partial charge in [-0.15, -0.1) is 0 Å². The van der Waals surface area contributed by atoms with E-state index in [1.165, 1.54) is 0 Å². The summed E-state index contributed by atoms with van der Waals surface area (Å²) in [7, 11) is 0. The molecule has 6 heteroatoms. The quantitative estimate of drug-likeness (QED) is 0.543. The van der Waals surface area contributed by atoms with Crippen molar-refractivity contribution in [3.8, 4) is 0 Å². The van der Waals surface area contributed by atoms with Gasteiger partial charge in [0, 0.05) is 26.2 Å². The summed E-state index contributed by atoms with van der Waals surface area (Å²) in [6.07, 6.45) is 0. The molecule has 0 aromatic heterocycles. The van der Waals surface area contributed by atoms with Crippen LogP contribution in [-0.4, -0.2) is 48.5 Å². The minimum absolute atomic E-state index is 0.112. The molecule has 0 aliphatic carbocycles. The molecular weight excluding hydrogens is 283 g/mol. The molecule has 1 aliphatic rings. The van der Waals surface area contributed by atoms with Crippen LogP contribution in [0.2, 0.25) is 0 Å². The van der Waals surface area contributed by atoms with Gasteiger partial charge in [-0.1, -0.05) is 0 Å². The van der Waals surface area contributed by atoms with Crippen molar-refractivity contribution >= 4 is 14.2 Å². The second-order valence-electron chi connectivity index (χ2n) is 3.81. The maximum atomic E-state index is 10.6. The summed E-state index contributed by atoms with van der Waals surface area (Å²) in [5, 5.41) is 6.33. The molecule has 1 aromatic rings. The fourth-order valence-corrected chi connectivity index (χ4v) is 2.87. The number of piperazine rings is 1. The van der Waals surface area contributed by atoms with Crippen LogP contribution in [0.25, 0.3) is 0 Å². The molecule has 0 bridgehead atoms. The van der Waals surface area contributed by atoms with Gasteiger partial charge >= 0.3 is 67.2 Å². The van der Waals surface area contributed by atoms with Gasteiger partial charge in [-0.2, -0.15) is 0 Å². The Bertz CT molecular complexity index is 337. The first-order chi connectivity index (χ1) is 8.08. The van der Waals surface area contributed by atoms with Crippen LogP contribution in [0.15, 0.2) is 30.3 Å². The monoisotopic (exact) mass is 302 g/mol. The van der Waals surface area contributed by atoms with Crippen molar-refractivity contribution in [1.29, 1.82) is 0 Å². The molecule has 0 spiro atoms. The first-order valence-corrected chi connectivity index (χ1v) is 9.35. The van der Waals surface area contributed by atoms with Crippen LogP contribution in [0.4, 0.5) is 0 Å². The average molecular weight is 302 g/mol. The zero-order chi connectivity index (χ0) is 12.6. The van der Waals surface area contributed by atoms with E-state index in [4.69, 9.17) is 8.19 Å². The predicted molar refractivity (Wildman–Crippen MR) is 66.8 cm³/mol. The molecule has 4 N–H and O–H groups in total. The van der Waals surface area contributed by atoms with Crippen molar-refractivity contribution in [3.63, 3.8) is 0 Å². The van der Waals surface area contributed by atoms with E-state index in [0.717, 1.165) is 26.2 Å². The summed E-state index contributed by atoms with van der Waals surface area (Å²) in [4.78, 5) is 0. The van der Waals surface area contributed by atoms with E-state index in [1.807, 2.05) is 6.07 Å². The SMILES string of the molecule is C1CNCCN1.O=[As](O)(O)Cc1ccccc1. The van der Waals surface area contributed by atoms with E-state index in [-0.39, 0.29) is 5.21 Å². The normalized spacial score (nSPS) is 15.9. The van der Waals surface area contributed by atoms with E-state index in [2.05, 4.69) is 10.6 Å². The summed E-state index contributed by atoms with van der Waals surface area (Å²) < 4.78 is 27.8. The summed E-state index contributed by atoms with van der Waals surface area (Å²) >= 11 is -4.46. The topological polar surface area (TPSA) is 81.6 Å². The Balaban J connectivity index is 0.000000202. The molecule has 96 valence electrons. The van der Waals surface area contributed by atoms with Gasteiger partial charge < -0.3 is 10.6 Å². The molecule has 2 rings (SSSR count). The van der Waals surface area contributed by atoms with E-state index in [9.17, 15) is 3.74 Å². The maximum absolute atomic E-state index is 10.6. The molecular formula is C11H19AsN2O3. The van der Waals surface area contributed by atoms with Gasteiger partial charge in [0.25, 0.3) is 0 Å². The third-order valence-corrected chi connectivity index (χ3v) is 3.82. The second kappa shape index (κ2) is 7.69. The fraction of sp³-hybridized carbons (Fsp3) is 0.455. The summed E-state index contributed by atoms with van der Waals surface area (Å²) in [6.45, 7) is 4.56. The Morgan fingerprint density at radius 1 is 1.00 bits per heavy atom. The summed E-state index contributed by atoms with van der Waals surface area (Å²) in [5.41, 5.74) is 0.694. The van der Waals surface area contributed by atoms with E-state index in [1.54, 1.807) is 24.3 Å². The molecule has 0 radical (unpaired) electrons. The van der Waals surface area contributed by atoms with Crippen molar-refractivity contribution in [2.45, 2.75) is 5.21 Å². The summed E-state index contributed by atoms with van der Waals surface area (Å²) in [5.74, 6) is 0. The van der Waals surface area contributed by atoms with Gasteiger partial charge in [-0.25, -0.2) is 0 Å². The van der Waals surface area contributed by atoms with Crippen LogP contribution in [0.3, 0.4) is 0 Å². The third kappa shape index (κ3) is 8.18. The van der Waals surface area contributed by atoms with Gasteiger partial charge in [0.05, 0.1) is 0 Å². The number of hydrogen-bond donors (Lipinski definition) is 4. The molecule has 0 saturated carbocycles. The molecule has 1 aromatic carbocycles. The number of rotatable bonds is 2. The van der Waals surface area contributed by atoms with Gasteiger partial charge in [-0.3, -0.25) is 0 Å². The van der Waals surface area contributed by atoms with E-state index >= 15 is 0 Å². The van der Waals surface area contributed by atoms with Gasteiger partial charge in [0.1, 0.15) is 0 Å². The van der Waals surface area contributed by atoms with Crippen LogP contribution in [-0.2, 0) is 8.95 Å². The molecule has 5 nitrogen and oxygen atoms in total. The minimum atomic E-state index is -4.46. The fourth-order valence-electron chi connectivity index (χ4n) is 1.42. The second-order valence-corrected chi connectivity index (χ2v) is 7.26. The first kappa shape index (κ1) is 14.5. The zero-order valence-corrected chi connectivity index (χ0v) is 11.5. The van der Waals surface area contributed by atoms with Gasteiger partial charge in [0.15, 0.2) is 0 Å². The molecule has 0 unspecified atom stereocenters. The number of benzene rings is 1.